The van der Waals surface area contributed by atoms with Crippen molar-refractivity contribution in [2.45, 2.75) is 13.1 Å². The first kappa shape index (κ1) is 11.1. The van der Waals surface area contributed by atoms with Gasteiger partial charge in [0.1, 0.15) is 0 Å². The molecule has 0 aliphatic rings. The van der Waals surface area contributed by atoms with Gasteiger partial charge in [-0.1, -0.05) is 12.1 Å². The summed E-state index contributed by atoms with van der Waals surface area (Å²) in [5, 5.41) is 1.93. The number of rotatable bonds is 2. The maximum atomic E-state index is 10.9. The minimum Gasteiger partial charge on any atom is -0.428 e. The lowest BCUT2D eigenvalue weighted by molar-refractivity contribution is 0.112. The number of nitrogens with zero attached hydrogens (tertiary/aromatic N) is 1. The minimum absolute atomic E-state index is 0.696. The lowest BCUT2D eigenvalue weighted by Crippen LogP contribution is -2.41. The average Bonchev–Trinajstić information content (AvgIpc) is 2.54. The Balaban J connectivity index is 2.72. The number of benzene rings is 1. The maximum absolute atomic E-state index is 10.9. The third-order valence-electron chi connectivity index (χ3n) is 2.85. The van der Waals surface area contributed by atoms with E-state index in [2.05, 4.69) is 0 Å². The number of fused-ring (bicyclic) bond motifs is 1. The Labute approximate surface area is 95.5 Å². The summed E-state index contributed by atoms with van der Waals surface area (Å²) in [4.78, 5) is 20.9. The number of hydrogen-bond acceptors (Lipinski definition) is 2. The molecule has 84 valence electrons. The summed E-state index contributed by atoms with van der Waals surface area (Å²) in [5.41, 5.74) is 1.69. The van der Waals surface area contributed by atoms with Crippen LogP contribution in [0.3, 0.4) is 0 Å². The average molecular weight is 233 g/mol. The van der Waals surface area contributed by atoms with Gasteiger partial charge in [0.25, 0.3) is 0 Å². The van der Waals surface area contributed by atoms with E-state index < -0.39 is 8.32 Å². The monoisotopic (exact) mass is 233 g/mol. The van der Waals surface area contributed by atoms with E-state index in [1.54, 1.807) is 0 Å². The summed E-state index contributed by atoms with van der Waals surface area (Å²) in [5.74, 6) is 0. The molecule has 1 N–H and O–H groups in total. The topological polar surface area (TPSA) is 42.2 Å². The van der Waals surface area contributed by atoms with Crippen LogP contribution in [0.4, 0.5) is 0 Å². The van der Waals surface area contributed by atoms with Crippen molar-refractivity contribution in [3.63, 3.8) is 0 Å². The van der Waals surface area contributed by atoms with Gasteiger partial charge in [-0.25, -0.2) is 0 Å². The zero-order valence-electron chi connectivity index (χ0n) is 9.69. The van der Waals surface area contributed by atoms with Crippen molar-refractivity contribution >= 4 is 30.7 Å². The largest absolute Gasteiger partial charge is 0.428 e. The Morgan fingerprint density at radius 2 is 2.06 bits per heavy atom. The second-order valence-electron chi connectivity index (χ2n) is 4.60. The van der Waals surface area contributed by atoms with Gasteiger partial charge in [-0.15, -0.1) is 0 Å². The molecule has 0 fully saturated rings. The van der Waals surface area contributed by atoms with Gasteiger partial charge in [0.2, 0.25) is 8.32 Å². The van der Waals surface area contributed by atoms with Crippen molar-refractivity contribution in [2.24, 2.45) is 7.05 Å². The van der Waals surface area contributed by atoms with E-state index in [1.807, 2.05) is 49.1 Å². The van der Waals surface area contributed by atoms with Gasteiger partial charge in [-0.05, 0) is 24.3 Å². The van der Waals surface area contributed by atoms with Crippen molar-refractivity contribution in [2.75, 3.05) is 0 Å². The number of aryl methyl sites for hydroxylation is 1. The van der Waals surface area contributed by atoms with Gasteiger partial charge in [0, 0.05) is 29.7 Å². The van der Waals surface area contributed by atoms with E-state index >= 15 is 0 Å². The molecule has 1 aromatic carbocycles. The number of carbonyl (C=O) groups excluding carboxylic acids is 1. The zero-order chi connectivity index (χ0) is 11.9. The van der Waals surface area contributed by atoms with Crippen LogP contribution in [0.1, 0.15) is 10.4 Å². The smallest absolute Gasteiger partial charge is 0.214 e. The number of hydrogen-bond donors (Lipinski definition) is 1. The molecular formula is C12H15NO2Si. The Morgan fingerprint density at radius 3 is 2.62 bits per heavy atom. The van der Waals surface area contributed by atoms with Gasteiger partial charge in [-0.2, -0.15) is 0 Å². The highest BCUT2D eigenvalue weighted by Crippen LogP contribution is 2.18. The molecule has 0 saturated carbocycles. The fraction of sp³-hybridized carbons (Fsp3) is 0.250. The van der Waals surface area contributed by atoms with Crippen molar-refractivity contribution in [1.82, 2.24) is 4.57 Å². The SMILES string of the molecule is Cn1cc(C=O)c2ccc([Si](C)(C)O)cc21. The Morgan fingerprint density at radius 1 is 1.38 bits per heavy atom. The third-order valence-corrected chi connectivity index (χ3v) is 4.58. The molecule has 0 aliphatic heterocycles. The van der Waals surface area contributed by atoms with E-state index in [0.717, 1.165) is 22.4 Å². The van der Waals surface area contributed by atoms with Gasteiger partial charge >= 0.3 is 0 Å². The molecule has 3 nitrogen and oxygen atoms in total. The molecule has 1 heterocycles. The molecule has 0 amide bonds. The first-order valence-electron chi connectivity index (χ1n) is 5.20. The standard InChI is InChI=1S/C12H15NO2Si/c1-13-7-9(8-14)11-5-4-10(6-12(11)13)16(2,3)15/h4-8,15H,1-3H3. The molecule has 0 spiro atoms. The second-order valence-corrected chi connectivity index (χ2v) is 8.30. The molecule has 0 radical (unpaired) electrons. The van der Waals surface area contributed by atoms with Crippen LogP contribution in [0.2, 0.25) is 13.1 Å². The summed E-state index contributed by atoms with van der Waals surface area (Å²) in [6, 6.07) is 5.81. The van der Waals surface area contributed by atoms with Crippen molar-refractivity contribution in [3.8, 4) is 0 Å². The summed E-state index contributed by atoms with van der Waals surface area (Å²) >= 11 is 0. The highest BCUT2D eigenvalue weighted by Gasteiger charge is 2.21. The fourth-order valence-corrected chi connectivity index (χ4v) is 2.87. The minimum atomic E-state index is -2.28. The molecule has 0 bridgehead atoms. The molecule has 0 saturated heterocycles. The number of carbonyl (C=O) groups is 1. The first-order chi connectivity index (χ1) is 7.43. The summed E-state index contributed by atoms with van der Waals surface area (Å²) in [6.45, 7) is 3.77. The molecule has 2 aromatic rings. The molecule has 1 aromatic heterocycles. The Bertz CT molecular complexity index is 552. The lowest BCUT2D eigenvalue weighted by atomic mass is 10.2. The van der Waals surface area contributed by atoms with Crippen LogP contribution in [-0.4, -0.2) is 24.0 Å². The summed E-state index contributed by atoms with van der Waals surface area (Å²) in [7, 11) is -0.368. The van der Waals surface area contributed by atoms with Crippen molar-refractivity contribution in [3.05, 3.63) is 30.0 Å². The molecule has 2 rings (SSSR count). The van der Waals surface area contributed by atoms with Crippen LogP contribution in [0, 0.1) is 0 Å². The lowest BCUT2D eigenvalue weighted by Gasteiger charge is -2.14. The summed E-state index contributed by atoms with van der Waals surface area (Å²) < 4.78 is 1.92. The van der Waals surface area contributed by atoms with Crippen LogP contribution in [0.5, 0.6) is 0 Å². The van der Waals surface area contributed by atoms with Gasteiger partial charge < -0.3 is 9.36 Å². The molecule has 4 heteroatoms. The quantitative estimate of drug-likeness (QED) is 0.629. The van der Waals surface area contributed by atoms with E-state index in [0.29, 0.717) is 5.56 Å². The van der Waals surface area contributed by atoms with Crippen molar-refractivity contribution < 1.29 is 9.59 Å². The molecule has 0 unspecified atom stereocenters. The predicted octanol–water partition coefficient (Wildman–Crippen LogP) is 1.40. The van der Waals surface area contributed by atoms with Gasteiger partial charge in [-0.3, -0.25) is 4.79 Å². The summed E-state index contributed by atoms with van der Waals surface area (Å²) in [6.07, 6.45) is 2.68. The zero-order valence-corrected chi connectivity index (χ0v) is 10.7. The van der Waals surface area contributed by atoms with E-state index in [4.69, 9.17) is 0 Å². The van der Waals surface area contributed by atoms with Gasteiger partial charge in [0.15, 0.2) is 6.29 Å². The highest BCUT2D eigenvalue weighted by atomic mass is 28.4. The van der Waals surface area contributed by atoms with E-state index in [1.165, 1.54) is 0 Å². The molecule has 0 aliphatic carbocycles. The number of aromatic nitrogens is 1. The van der Waals surface area contributed by atoms with Crippen molar-refractivity contribution in [1.29, 1.82) is 0 Å². The third kappa shape index (κ3) is 1.70. The maximum Gasteiger partial charge on any atom is 0.214 e. The molecule has 16 heavy (non-hydrogen) atoms. The Hall–Kier alpha value is -1.39. The number of aldehydes is 1. The molecule has 0 atom stereocenters. The van der Waals surface area contributed by atoms with Crippen LogP contribution in [-0.2, 0) is 7.05 Å². The fourth-order valence-electron chi connectivity index (χ4n) is 1.89. The van der Waals surface area contributed by atoms with Crippen LogP contribution in [0.25, 0.3) is 10.9 Å². The Kier molecular flexibility index (Phi) is 2.48. The first-order valence-corrected chi connectivity index (χ1v) is 8.15. The predicted molar refractivity (Wildman–Crippen MR) is 67.6 cm³/mol. The van der Waals surface area contributed by atoms with E-state index in [9.17, 15) is 9.59 Å². The van der Waals surface area contributed by atoms with Crippen LogP contribution >= 0.6 is 0 Å². The second kappa shape index (κ2) is 3.57. The normalized spacial score (nSPS) is 12.0. The van der Waals surface area contributed by atoms with E-state index in [-0.39, 0.29) is 0 Å². The van der Waals surface area contributed by atoms with Gasteiger partial charge in [0.05, 0.1) is 0 Å². The highest BCUT2D eigenvalue weighted by molar-refractivity contribution is 6.83. The van der Waals surface area contributed by atoms with Crippen LogP contribution in [0.15, 0.2) is 24.4 Å². The van der Waals surface area contributed by atoms with Crippen LogP contribution < -0.4 is 5.19 Å². The molecular weight excluding hydrogens is 218 g/mol.